The molecule has 2 aromatic carbocycles. The number of hydrogen-bond acceptors (Lipinski definition) is 9. The first-order valence-electron chi connectivity index (χ1n) is 10.2. The minimum atomic E-state index is -0.467. The predicted octanol–water partition coefficient (Wildman–Crippen LogP) is 3.02. The van der Waals surface area contributed by atoms with E-state index in [0.717, 1.165) is 13.1 Å². The summed E-state index contributed by atoms with van der Waals surface area (Å²) in [5.41, 5.74) is -0.342. The molecule has 170 valence electrons. The molecule has 1 aliphatic heterocycles. The summed E-state index contributed by atoms with van der Waals surface area (Å²) >= 11 is 0. The number of methoxy groups -OCH3 is 2. The zero-order valence-corrected chi connectivity index (χ0v) is 18.0. The molecule has 0 saturated carbocycles. The molecule has 4 rings (SSSR count). The number of ether oxygens (including phenoxy) is 5. The van der Waals surface area contributed by atoms with Gasteiger partial charge in [0.2, 0.25) is 11.2 Å². The highest BCUT2D eigenvalue weighted by Gasteiger charge is 2.20. The molecule has 0 amide bonds. The van der Waals surface area contributed by atoms with Crippen molar-refractivity contribution in [1.82, 2.24) is 4.90 Å². The van der Waals surface area contributed by atoms with E-state index in [4.69, 9.17) is 28.1 Å². The van der Waals surface area contributed by atoms with Gasteiger partial charge in [-0.05, 0) is 24.3 Å². The normalized spacial score (nSPS) is 14.3. The number of phenols is 1. The van der Waals surface area contributed by atoms with Gasteiger partial charge >= 0.3 is 0 Å². The number of phenolic OH excluding ortho intramolecular Hbond substituents is 1. The molecule has 0 spiro atoms. The number of hydrogen-bond donors (Lipinski definition) is 1. The molecule has 1 aromatic heterocycles. The van der Waals surface area contributed by atoms with Crippen LogP contribution in [0.3, 0.4) is 0 Å². The van der Waals surface area contributed by atoms with Crippen molar-refractivity contribution in [1.29, 1.82) is 0 Å². The molecule has 32 heavy (non-hydrogen) atoms. The van der Waals surface area contributed by atoms with Crippen molar-refractivity contribution < 1.29 is 33.2 Å². The maximum absolute atomic E-state index is 12.7. The summed E-state index contributed by atoms with van der Waals surface area (Å²) in [6, 6.07) is 9.53. The molecular weight excluding hydrogens is 418 g/mol. The third-order valence-corrected chi connectivity index (χ3v) is 5.14. The fraction of sp³-hybridized carbons (Fsp3) is 0.348. The van der Waals surface area contributed by atoms with E-state index in [2.05, 4.69) is 4.90 Å². The van der Waals surface area contributed by atoms with Crippen molar-refractivity contribution in [3.05, 3.63) is 46.6 Å². The minimum Gasteiger partial charge on any atom is -0.504 e. The second kappa shape index (κ2) is 9.80. The lowest BCUT2D eigenvalue weighted by Gasteiger charge is -2.26. The van der Waals surface area contributed by atoms with Crippen molar-refractivity contribution in [2.45, 2.75) is 0 Å². The first-order chi connectivity index (χ1) is 15.6. The maximum atomic E-state index is 12.7. The van der Waals surface area contributed by atoms with Gasteiger partial charge in [0.25, 0.3) is 5.95 Å². The van der Waals surface area contributed by atoms with E-state index in [-0.39, 0.29) is 34.2 Å². The molecule has 1 fully saturated rings. The SMILES string of the molecule is COc1ccc(Oc2cc(=O)c3c(O)c(OC)c(OCCN4CCOCC4)cc3o2)cc1. The summed E-state index contributed by atoms with van der Waals surface area (Å²) in [6.07, 6.45) is 0. The minimum absolute atomic E-state index is 0.00976. The second-order valence-electron chi connectivity index (χ2n) is 7.14. The Bertz CT molecular complexity index is 1120. The molecule has 1 N–H and O–H groups in total. The van der Waals surface area contributed by atoms with Crippen LogP contribution < -0.4 is 24.4 Å². The molecular formula is C23H25NO8. The number of fused-ring (bicyclic) bond motifs is 1. The van der Waals surface area contributed by atoms with Gasteiger partial charge in [-0.25, -0.2) is 0 Å². The van der Waals surface area contributed by atoms with Crippen molar-refractivity contribution in [3.8, 4) is 34.7 Å². The molecule has 0 unspecified atom stereocenters. The van der Waals surface area contributed by atoms with Crippen LogP contribution in [0, 0.1) is 0 Å². The Morgan fingerprint density at radius 1 is 1.03 bits per heavy atom. The van der Waals surface area contributed by atoms with Crippen molar-refractivity contribution in [3.63, 3.8) is 0 Å². The molecule has 3 aromatic rings. The topological polar surface area (TPSA) is 99.8 Å². The van der Waals surface area contributed by atoms with E-state index in [1.165, 1.54) is 19.2 Å². The lowest BCUT2D eigenvalue weighted by atomic mass is 10.2. The fourth-order valence-electron chi connectivity index (χ4n) is 3.46. The van der Waals surface area contributed by atoms with E-state index in [9.17, 15) is 9.90 Å². The smallest absolute Gasteiger partial charge is 0.294 e. The lowest BCUT2D eigenvalue weighted by Crippen LogP contribution is -2.38. The first kappa shape index (κ1) is 21.8. The van der Waals surface area contributed by atoms with Crippen LogP contribution >= 0.6 is 0 Å². The van der Waals surface area contributed by atoms with E-state index in [1.54, 1.807) is 31.4 Å². The fourth-order valence-corrected chi connectivity index (χ4v) is 3.46. The average Bonchev–Trinajstić information content (AvgIpc) is 2.80. The van der Waals surface area contributed by atoms with Crippen LogP contribution in [-0.4, -0.2) is 63.7 Å². The van der Waals surface area contributed by atoms with Gasteiger partial charge in [-0.2, -0.15) is 0 Å². The van der Waals surface area contributed by atoms with E-state index >= 15 is 0 Å². The molecule has 0 radical (unpaired) electrons. The standard InChI is InChI=1S/C23H25NO8/c1-27-15-3-5-16(6-4-15)31-20-13-17(25)21-18(32-20)14-19(23(28-2)22(21)26)30-12-9-24-7-10-29-11-8-24/h3-6,13-14,26H,7-12H2,1-2H3. The van der Waals surface area contributed by atoms with Gasteiger partial charge < -0.3 is 33.2 Å². The van der Waals surface area contributed by atoms with Gasteiger partial charge in [-0.1, -0.05) is 0 Å². The molecule has 9 heteroatoms. The molecule has 0 bridgehead atoms. The van der Waals surface area contributed by atoms with Crippen molar-refractivity contribution in [2.75, 3.05) is 53.7 Å². The van der Waals surface area contributed by atoms with Crippen LogP contribution in [0.1, 0.15) is 0 Å². The van der Waals surface area contributed by atoms with Crippen molar-refractivity contribution in [2.24, 2.45) is 0 Å². The Labute approximate surface area is 184 Å². The molecule has 1 aliphatic rings. The number of nitrogens with zero attached hydrogens (tertiary/aromatic N) is 1. The Morgan fingerprint density at radius 3 is 2.44 bits per heavy atom. The summed E-state index contributed by atoms with van der Waals surface area (Å²) in [4.78, 5) is 14.9. The Balaban J connectivity index is 1.59. The number of morpholine rings is 1. The van der Waals surface area contributed by atoms with Crippen LogP contribution in [0.4, 0.5) is 0 Å². The van der Waals surface area contributed by atoms with Crippen LogP contribution in [0.2, 0.25) is 0 Å². The second-order valence-corrected chi connectivity index (χ2v) is 7.14. The quantitative estimate of drug-likeness (QED) is 0.563. The van der Waals surface area contributed by atoms with Gasteiger partial charge in [0.1, 0.15) is 29.1 Å². The zero-order chi connectivity index (χ0) is 22.5. The van der Waals surface area contributed by atoms with E-state index < -0.39 is 5.43 Å². The molecule has 0 atom stereocenters. The van der Waals surface area contributed by atoms with Crippen LogP contribution in [0.25, 0.3) is 11.0 Å². The first-order valence-corrected chi connectivity index (χ1v) is 10.2. The van der Waals surface area contributed by atoms with Gasteiger partial charge in [0.05, 0.1) is 33.5 Å². The van der Waals surface area contributed by atoms with E-state index in [0.29, 0.717) is 37.9 Å². The number of aromatic hydroxyl groups is 1. The zero-order valence-electron chi connectivity index (χ0n) is 18.0. The summed E-state index contributed by atoms with van der Waals surface area (Å²) < 4.78 is 33.0. The summed E-state index contributed by atoms with van der Waals surface area (Å²) in [5, 5.41) is 10.6. The average molecular weight is 443 g/mol. The summed E-state index contributed by atoms with van der Waals surface area (Å²) in [7, 11) is 2.97. The predicted molar refractivity (Wildman–Crippen MR) is 117 cm³/mol. The Morgan fingerprint density at radius 2 is 1.75 bits per heavy atom. The lowest BCUT2D eigenvalue weighted by molar-refractivity contribution is 0.0321. The van der Waals surface area contributed by atoms with Gasteiger partial charge in [0.15, 0.2) is 11.5 Å². The molecule has 2 heterocycles. The highest BCUT2D eigenvalue weighted by Crippen LogP contribution is 2.42. The summed E-state index contributed by atoms with van der Waals surface area (Å²) in [6.45, 7) is 4.13. The van der Waals surface area contributed by atoms with E-state index in [1.807, 2.05) is 0 Å². The molecule has 1 saturated heterocycles. The van der Waals surface area contributed by atoms with Crippen molar-refractivity contribution >= 4 is 11.0 Å². The Kier molecular flexibility index (Phi) is 6.67. The third-order valence-electron chi connectivity index (χ3n) is 5.14. The molecule has 0 aliphatic carbocycles. The van der Waals surface area contributed by atoms with Gasteiger partial charge in [-0.3, -0.25) is 9.69 Å². The monoisotopic (exact) mass is 443 g/mol. The number of rotatable bonds is 8. The van der Waals surface area contributed by atoms with Gasteiger partial charge in [-0.15, -0.1) is 0 Å². The Hall–Kier alpha value is -3.43. The largest absolute Gasteiger partial charge is 0.504 e. The highest BCUT2D eigenvalue weighted by atomic mass is 16.6. The van der Waals surface area contributed by atoms with Gasteiger partial charge in [0, 0.05) is 25.7 Å². The molecule has 9 nitrogen and oxygen atoms in total. The van der Waals surface area contributed by atoms with Crippen LogP contribution in [-0.2, 0) is 4.74 Å². The summed E-state index contributed by atoms with van der Waals surface area (Å²) in [5.74, 6) is 1.14. The number of benzene rings is 2. The highest BCUT2D eigenvalue weighted by molar-refractivity contribution is 5.88. The maximum Gasteiger partial charge on any atom is 0.294 e. The van der Waals surface area contributed by atoms with Crippen LogP contribution in [0.5, 0.6) is 34.7 Å². The van der Waals surface area contributed by atoms with Crippen LogP contribution in [0.15, 0.2) is 45.6 Å². The third kappa shape index (κ3) is 4.74.